The zero-order valence-corrected chi connectivity index (χ0v) is 40.0. The minimum Gasteiger partial charge on any atom is -0.455 e. The molecule has 0 saturated carbocycles. The molecule has 4 aromatic heterocycles. The van der Waals surface area contributed by atoms with E-state index < -0.39 is 0 Å². The Balaban J connectivity index is 0.880. The lowest BCUT2D eigenvalue weighted by molar-refractivity contribution is 0.648. The summed E-state index contributed by atoms with van der Waals surface area (Å²) in [6.45, 7) is 9.53. The van der Waals surface area contributed by atoms with Gasteiger partial charge in [-0.2, -0.15) is 0 Å². The molecular weight excluding hydrogens is 881 g/mol. The molecule has 11 aromatic carbocycles. The van der Waals surface area contributed by atoms with Gasteiger partial charge in [0, 0.05) is 75.8 Å². The first kappa shape index (κ1) is 38.9. The second-order valence-electron chi connectivity index (χ2n) is 21.4. The van der Waals surface area contributed by atoms with Crippen LogP contribution in [0.5, 0.6) is 0 Å². The van der Waals surface area contributed by atoms with Crippen LogP contribution in [0.4, 0.5) is 0 Å². The smallest absolute Gasteiger partial charge is 0.144 e. The quantitative estimate of drug-likeness (QED) is 0.173. The number of rotatable bonds is 2. The molecule has 0 atom stereocenters. The standard InChI is InChI=1S/C68H42O4/c1-67(2)51-33-50-52(34-49(51)61-53(67)31-47(59-45-17-9-11-19-55(45)69-65(59)61)37-23-25-41-43-27-21-35-13-5-7-15-39(35)63(43)71-57(41)29-37)68(3,4)54-32-48(60-46-18-10-12-20-56(46)70-66(60)62(50)54)38-24-26-42-44-28-22-36-14-6-8-16-40(36)64(44)72-58(42)30-38/h5-34H,1-4H3. The van der Waals surface area contributed by atoms with Crippen molar-refractivity contribution in [2.24, 2.45) is 0 Å². The first-order valence-corrected chi connectivity index (χ1v) is 25.0. The Morgan fingerprint density at radius 1 is 0.278 bits per heavy atom. The lowest BCUT2D eigenvalue weighted by Crippen LogP contribution is -2.17. The van der Waals surface area contributed by atoms with Crippen LogP contribution < -0.4 is 0 Å². The highest BCUT2D eigenvalue weighted by Gasteiger charge is 2.45. The fraction of sp³-hybridized carbons (Fsp3) is 0.0882. The SMILES string of the molecule is CC1(C)c2cc3c(cc2-c2c1cc(-c1ccc4c(c1)oc1c5ccccc5ccc41)c1c2oc2ccccc21)C(C)(C)c1cc(-c2ccc4c(c2)oc2c5ccccc5ccc42)c2c(oc4ccccc42)c1-3. The second-order valence-corrected chi connectivity index (χ2v) is 21.4. The summed E-state index contributed by atoms with van der Waals surface area (Å²) in [6, 6.07) is 66.1. The molecule has 0 spiro atoms. The average Bonchev–Trinajstić information content (AvgIpc) is 4.25. The molecule has 0 fully saturated rings. The summed E-state index contributed by atoms with van der Waals surface area (Å²) < 4.78 is 27.8. The van der Waals surface area contributed by atoms with E-state index in [0.717, 1.165) is 121 Å². The van der Waals surface area contributed by atoms with Gasteiger partial charge in [-0.3, -0.25) is 0 Å². The summed E-state index contributed by atoms with van der Waals surface area (Å²) in [5.74, 6) is 0. The number of benzene rings is 11. The van der Waals surface area contributed by atoms with Gasteiger partial charge in [0.2, 0.25) is 0 Å². The molecule has 0 N–H and O–H groups in total. The fourth-order valence-electron chi connectivity index (χ4n) is 13.5. The van der Waals surface area contributed by atoms with Crippen molar-refractivity contribution in [1.29, 1.82) is 0 Å². The maximum atomic E-state index is 7.11. The van der Waals surface area contributed by atoms with Crippen LogP contribution in [0.3, 0.4) is 0 Å². The van der Waals surface area contributed by atoms with Gasteiger partial charge in [-0.15, -0.1) is 0 Å². The Labute approximate surface area is 412 Å². The maximum absolute atomic E-state index is 7.11. The molecule has 0 amide bonds. The van der Waals surface area contributed by atoms with E-state index in [2.05, 4.69) is 210 Å². The van der Waals surface area contributed by atoms with Crippen molar-refractivity contribution in [3.8, 4) is 44.5 Å². The summed E-state index contributed by atoms with van der Waals surface area (Å²) in [4.78, 5) is 0. The van der Waals surface area contributed by atoms with Crippen LogP contribution in [-0.4, -0.2) is 0 Å². The molecule has 72 heavy (non-hydrogen) atoms. The van der Waals surface area contributed by atoms with Crippen LogP contribution in [0, 0.1) is 0 Å². The Kier molecular flexibility index (Phi) is 7.08. The van der Waals surface area contributed by atoms with E-state index in [0.29, 0.717) is 0 Å². The summed E-state index contributed by atoms with van der Waals surface area (Å²) in [5.41, 5.74) is 20.9. The minimum absolute atomic E-state index is 0.364. The first-order chi connectivity index (χ1) is 35.2. The molecule has 2 aliphatic rings. The van der Waals surface area contributed by atoms with Gasteiger partial charge in [-0.25, -0.2) is 0 Å². The van der Waals surface area contributed by atoms with Gasteiger partial charge in [0.05, 0.1) is 0 Å². The van der Waals surface area contributed by atoms with E-state index in [-0.39, 0.29) is 10.8 Å². The number of para-hydroxylation sites is 2. The predicted octanol–water partition coefficient (Wildman–Crippen LogP) is 19.5. The molecular formula is C68H42O4. The van der Waals surface area contributed by atoms with Gasteiger partial charge in [0.1, 0.15) is 44.7 Å². The zero-order chi connectivity index (χ0) is 47.5. The highest BCUT2D eigenvalue weighted by molar-refractivity contribution is 6.22. The topological polar surface area (TPSA) is 52.6 Å². The molecule has 4 heterocycles. The molecule has 0 saturated heterocycles. The van der Waals surface area contributed by atoms with Crippen molar-refractivity contribution >= 4 is 109 Å². The van der Waals surface area contributed by atoms with Gasteiger partial charge in [0.25, 0.3) is 0 Å². The Morgan fingerprint density at radius 3 is 1.11 bits per heavy atom. The highest BCUT2D eigenvalue weighted by Crippen LogP contribution is 2.61. The van der Waals surface area contributed by atoms with Crippen LogP contribution in [0.15, 0.2) is 200 Å². The molecule has 4 nitrogen and oxygen atoms in total. The molecule has 4 heteroatoms. The summed E-state index contributed by atoms with van der Waals surface area (Å²) in [7, 11) is 0. The second kappa shape index (κ2) is 13.1. The van der Waals surface area contributed by atoms with Gasteiger partial charge >= 0.3 is 0 Å². The van der Waals surface area contributed by atoms with Gasteiger partial charge in [-0.1, -0.05) is 137 Å². The van der Waals surface area contributed by atoms with Crippen molar-refractivity contribution in [2.75, 3.05) is 0 Å². The van der Waals surface area contributed by atoms with Crippen molar-refractivity contribution in [1.82, 2.24) is 0 Å². The third-order valence-electron chi connectivity index (χ3n) is 17.0. The lowest BCUT2D eigenvalue weighted by atomic mass is 9.78. The van der Waals surface area contributed by atoms with Crippen LogP contribution in [0.2, 0.25) is 0 Å². The van der Waals surface area contributed by atoms with E-state index in [1.165, 1.54) is 55.3 Å². The predicted molar refractivity (Wildman–Crippen MR) is 297 cm³/mol. The Morgan fingerprint density at radius 2 is 0.653 bits per heavy atom. The van der Waals surface area contributed by atoms with E-state index >= 15 is 0 Å². The molecule has 17 rings (SSSR count). The minimum atomic E-state index is -0.364. The fourth-order valence-corrected chi connectivity index (χ4v) is 13.5. The molecule has 0 radical (unpaired) electrons. The molecule has 2 aliphatic carbocycles. The summed E-state index contributed by atoms with van der Waals surface area (Å²) >= 11 is 0. The largest absolute Gasteiger partial charge is 0.455 e. The Bertz CT molecular complexity index is 4670. The van der Waals surface area contributed by atoms with Crippen LogP contribution in [0.25, 0.3) is 154 Å². The third-order valence-corrected chi connectivity index (χ3v) is 17.0. The molecule has 0 bridgehead atoms. The molecule has 0 aliphatic heterocycles. The van der Waals surface area contributed by atoms with E-state index in [1.807, 2.05) is 0 Å². The van der Waals surface area contributed by atoms with Crippen LogP contribution in [-0.2, 0) is 10.8 Å². The van der Waals surface area contributed by atoms with Gasteiger partial charge in [-0.05, 0) is 139 Å². The normalized spacial score (nSPS) is 14.6. The molecule has 15 aromatic rings. The van der Waals surface area contributed by atoms with E-state index in [9.17, 15) is 0 Å². The van der Waals surface area contributed by atoms with Crippen molar-refractivity contribution < 1.29 is 17.7 Å². The average molecular weight is 923 g/mol. The van der Waals surface area contributed by atoms with Crippen LogP contribution >= 0.6 is 0 Å². The van der Waals surface area contributed by atoms with Crippen molar-refractivity contribution in [3.63, 3.8) is 0 Å². The summed E-state index contributed by atoms with van der Waals surface area (Å²) in [5, 5.41) is 13.6. The lowest BCUT2D eigenvalue weighted by Gasteiger charge is -2.24. The van der Waals surface area contributed by atoms with E-state index in [4.69, 9.17) is 17.7 Å². The summed E-state index contributed by atoms with van der Waals surface area (Å²) in [6.07, 6.45) is 0. The molecule has 0 unspecified atom stereocenters. The number of hydrogen-bond acceptors (Lipinski definition) is 4. The van der Waals surface area contributed by atoms with Gasteiger partial charge < -0.3 is 17.7 Å². The number of fused-ring (bicyclic) bond motifs is 24. The Hall–Kier alpha value is -8.86. The van der Waals surface area contributed by atoms with E-state index in [1.54, 1.807) is 0 Å². The number of furan rings is 4. The third kappa shape index (κ3) is 4.78. The monoisotopic (exact) mass is 922 g/mol. The highest BCUT2D eigenvalue weighted by atomic mass is 16.3. The maximum Gasteiger partial charge on any atom is 0.144 e. The zero-order valence-electron chi connectivity index (χ0n) is 40.0. The first-order valence-electron chi connectivity index (χ1n) is 25.0. The number of hydrogen-bond donors (Lipinski definition) is 0. The van der Waals surface area contributed by atoms with Crippen LogP contribution in [0.1, 0.15) is 49.9 Å². The van der Waals surface area contributed by atoms with Gasteiger partial charge in [0.15, 0.2) is 0 Å². The van der Waals surface area contributed by atoms with Crippen molar-refractivity contribution in [2.45, 2.75) is 38.5 Å². The molecule has 338 valence electrons. The van der Waals surface area contributed by atoms with Crippen molar-refractivity contribution in [3.05, 3.63) is 204 Å².